The Balaban J connectivity index is 2.00. The number of ether oxygens (including phenoxy) is 2. The average molecular weight is 642 g/mol. The van der Waals surface area contributed by atoms with E-state index in [0.717, 1.165) is 45.7 Å². The van der Waals surface area contributed by atoms with Gasteiger partial charge in [-0.05, 0) is 90.0 Å². The number of hydrogen-bond acceptors (Lipinski definition) is 3. The van der Waals surface area contributed by atoms with Gasteiger partial charge in [0.15, 0.2) is 0 Å². The van der Waals surface area contributed by atoms with Crippen molar-refractivity contribution >= 4 is 0 Å². The smallest absolute Gasteiger partial charge is 0.0975 e. The van der Waals surface area contributed by atoms with Crippen molar-refractivity contribution in [2.75, 3.05) is 32.8 Å². The van der Waals surface area contributed by atoms with E-state index in [9.17, 15) is 0 Å². The molecule has 1 aliphatic heterocycles. The summed E-state index contributed by atoms with van der Waals surface area (Å²) in [5.41, 5.74) is 0. The second kappa shape index (κ2) is 35.2. The fourth-order valence-electron chi connectivity index (χ4n) is 6.29. The predicted octanol–water partition coefficient (Wildman–Crippen LogP) is 13.1. The molecule has 0 N–H and O–H groups in total. The Labute approximate surface area is 288 Å². The van der Waals surface area contributed by atoms with Crippen molar-refractivity contribution in [1.29, 1.82) is 0 Å². The molecule has 1 saturated heterocycles. The number of likely N-dealkylation sites (tertiary alicyclic amines) is 1. The Morgan fingerprint density at radius 2 is 0.761 bits per heavy atom. The molecular weight excluding hydrogens is 562 g/mol. The molecule has 0 saturated carbocycles. The summed E-state index contributed by atoms with van der Waals surface area (Å²) in [5, 5.41) is 0. The van der Waals surface area contributed by atoms with E-state index < -0.39 is 0 Å². The first-order valence-corrected chi connectivity index (χ1v) is 20.4. The van der Waals surface area contributed by atoms with Gasteiger partial charge in [-0.15, -0.1) is 0 Å². The van der Waals surface area contributed by atoms with Gasteiger partial charge in [0.1, 0.15) is 0 Å². The van der Waals surface area contributed by atoms with Crippen LogP contribution in [-0.4, -0.2) is 50.0 Å². The molecule has 3 heteroatoms. The molecule has 3 nitrogen and oxygen atoms in total. The third kappa shape index (κ3) is 27.9. The van der Waals surface area contributed by atoms with E-state index in [1.807, 2.05) is 0 Å². The van der Waals surface area contributed by atoms with Crippen LogP contribution in [0.25, 0.3) is 0 Å². The maximum atomic E-state index is 6.40. The second-order valence-electron chi connectivity index (χ2n) is 13.7. The van der Waals surface area contributed by atoms with Gasteiger partial charge in [-0.25, -0.2) is 0 Å². The minimum absolute atomic E-state index is 0.258. The van der Waals surface area contributed by atoms with Crippen molar-refractivity contribution in [1.82, 2.24) is 4.90 Å². The van der Waals surface area contributed by atoms with Crippen LogP contribution in [0.4, 0.5) is 0 Å². The number of nitrogens with zero attached hydrogens (tertiary/aromatic N) is 1. The summed E-state index contributed by atoms with van der Waals surface area (Å²) in [6, 6.07) is 0. The van der Waals surface area contributed by atoms with Crippen molar-refractivity contribution < 1.29 is 9.47 Å². The summed E-state index contributed by atoms with van der Waals surface area (Å²) < 4.78 is 12.8. The molecule has 0 aromatic rings. The molecule has 1 fully saturated rings. The first-order valence-electron chi connectivity index (χ1n) is 20.4. The molecule has 2 atom stereocenters. The summed E-state index contributed by atoms with van der Waals surface area (Å²) in [4.78, 5) is 2.55. The molecule has 0 amide bonds. The van der Waals surface area contributed by atoms with E-state index in [2.05, 4.69) is 74.3 Å². The van der Waals surface area contributed by atoms with Gasteiger partial charge in [-0.1, -0.05) is 146 Å². The number of unbranched alkanes of at least 4 members (excludes halogenated alkanes) is 18. The monoisotopic (exact) mass is 642 g/mol. The normalized spacial score (nSPS) is 17.7. The highest BCUT2D eigenvalue weighted by atomic mass is 16.5. The van der Waals surface area contributed by atoms with E-state index in [1.165, 1.54) is 148 Å². The van der Waals surface area contributed by atoms with Crippen LogP contribution < -0.4 is 0 Å². The van der Waals surface area contributed by atoms with Crippen LogP contribution in [0.5, 0.6) is 0 Å². The Kier molecular flexibility index (Phi) is 32.8. The van der Waals surface area contributed by atoms with Crippen molar-refractivity contribution in [2.45, 2.75) is 193 Å². The van der Waals surface area contributed by atoms with Crippen molar-refractivity contribution in [3.8, 4) is 0 Å². The molecule has 0 aliphatic carbocycles. The number of allylic oxidation sites excluding steroid dienone is 8. The minimum atomic E-state index is 0.258. The fourth-order valence-corrected chi connectivity index (χ4v) is 6.29. The molecule has 268 valence electrons. The molecule has 0 spiro atoms. The molecule has 0 unspecified atom stereocenters. The fraction of sp³-hybridized carbons (Fsp3) is 0.814. The maximum Gasteiger partial charge on any atom is 0.0975 e. The van der Waals surface area contributed by atoms with Gasteiger partial charge in [-0.3, -0.25) is 4.90 Å². The van der Waals surface area contributed by atoms with Crippen LogP contribution in [-0.2, 0) is 9.47 Å². The van der Waals surface area contributed by atoms with Gasteiger partial charge in [0.05, 0.1) is 12.2 Å². The molecule has 0 radical (unpaired) electrons. The van der Waals surface area contributed by atoms with E-state index in [0.29, 0.717) is 0 Å². The van der Waals surface area contributed by atoms with Gasteiger partial charge in [0.25, 0.3) is 0 Å². The molecular formula is C43H79NO2. The van der Waals surface area contributed by atoms with E-state index in [1.54, 1.807) is 0 Å². The van der Waals surface area contributed by atoms with E-state index in [-0.39, 0.29) is 12.2 Å². The zero-order chi connectivity index (χ0) is 33.0. The van der Waals surface area contributed by atoms with Crippen LogP contribution >= 0.6 is 0 Å². The Hall–Kier alpha value is -1.16. The maximum absolute atomic E-state index is 6.40. The highest BCUT2D eigenvalue weighted by Gasteiger charge is 2.33. The van der Waals surface area contributed by atoms with Gasteiger partial charge in [0, 0.05) is 26.3 Å². The molecule has 1 heterocycles. The van der Waals surface area contributed by atoms with Crippen molar-refractivity contribution in [3.63, 3.8) is 0 Å². The molecule has 1 aliphatic rings. The Morgan fingerprint density at radius 3 is 1.13 bits per heavy atom. The summed E-state index contributed by atoms with van der Waals surface area (Å²) in [5.74, 6) is 0. The lowest BCUT2D eigenvalue weighted by atomic mass is 10.1. The van der Waals surface area contributed by atoms with Crippen LogP contribution in [0.1, 0.15) is 181 Å². The van der Waals surface area contributed by atoms with Crippen LogP contribution in [0.3, 0.4) is 0 Å². The predicted molar refractivity (Wildman–Crippen MR) is 205 cm³/mol. The van der Waals surface area contributed by atoms with Gasteiger partial charge in [-0.2, -0.15) is 0 Å². The highest BCUT2D eigenvalue weighted by molar-refractivity contribution is 4.93. The Morgan fingerprint density at radius 1 is 0.413 bits per heavy atom. The first-order chi connectivity index (χ1) is 22.8. The van der Waals surface area contributed by atoms with Crippen LogP contribution in [0, 0.1) is 0 Å². The van der Waals surface area contributed by atoms with Crippen LogP contribution in [0.15, 0.2) is 48.6 Å². The van der Waals surface area contributed by atoms with Gasteiger partial charge >= 0.3 is 0 Å². The molecule has 46 heavy (non-hydrogen) atoms. The first kappa shape index (κ1) is 42.9. The lowest BCUT2D eigenvalue weighted by Gasteiger charge is -2.20. The molecule has 0 aromatic heterocycles. The third-order valence-corrected chi connectivity index (χ3v) is 9.18. The highest BCUT2D eigenvalue weighted by Crippen LogP contribution is 2.19. The zero-order valence-corrected chi connectivity index (χ0v) is 31.3. The lowest BCUT2D eigenvalue weighted by Crippen LogP contribution is -2.30. The molecule has 1 rings (SSSR count). The summed E-state index contributed by atoms with van der Waals surface area (Å²) >= 11 is 0. The topological polar surface area (TPSA) is 21.7 Å². The largest absolute Gasteiger partial charge is 0.374 e. The average Bonchev–Trinajstić information content (AvgIpc) is 3.45. The second-order valence-corrected chi connectivity index (χ2v) is 13.7. The quantitative estimate of drug-likeness (QED) is 0.0515. The number of hydrogen-bond donors (Lipinski definition) is 0. The molecule has 0 aromatic carbocycles. The zero-order valence-electron chi connectivity index (χ0n) is 31.3. The van der Waals surface area contributed by atoms with Crippen LogP contribution in [0.2, 0.25) is 0 Å². The third-order valence-electron chi connectivity index (χ3n) is 9.18. The van der Waals surface area contributed by atoms with Crippen molar-refractivity contribution in [3.05, 3.63) is 48.6 Å². The van der Waals surface area contributed by atoms with Gasteiger partial charge in [0.2, 0.25) is 0 Å². The summed E-state index contributed by atoms with van der Waals surface area (Å²) in [6.45, 7) is 11.9. The van der Waals surface area contributed by atoms with E-state index in [4.69, 9.17) is 9.47 Å². The lowest BCUT2D eigenvalue weighted by molar-refractivity contribution is -0.0481. The molecule has 0 bridgehead atoms. The van der Waals surface area contributed by atoms with Crippen molar-refractivity contribution in [2.24, 2.45) is 0 Å². The van der Waals surface area contributed by atoms with E-state index >= 15 is 0 Å². The summed E-state index contributed by atoms with van der Waals surface area (Å²) in [6.07, 6.45) is 51.5. The minimum Gasteiger partial charge on any atom is -0.374 e. The standard InChI is InChI=1S/C43H79NO2/c1-4-7-9-11-13-15-17-19-21-23-25-27-29-31-33-35-38-45-42-40-44(37-6-3)41-43(42)46-39-36-34-32-30-28-26-24-22-20-18-16-14-12-10-8-5-2/h13-16,19-22,42-43H,4-12,17-18,23-41H2,1-3H3/b15-13-,16-14-,21-19-,22-20-/t42-,43-/m1/s1. The summed E-state index contributed by atoms with van der Waals surface area (Å²) in [7, 11) is 0. The SMILES string of the molecule is CCCCC/C=C\C/C=C\CCCCCCCCO[C@@H]1CN(CCC)C[C@H]1OCCCCCCCC/C=C\C/C=C\CCCCC. The van der Waals surface area contributed by atoms with Gasteiger partial charge < -0.3 is 9.47 Å². The Bertz CT molecular complexity index is 668. The number of rotatable bonds is 34.